The zero-order chi connectivity index (χ0) is 40.8. The third-order valence-electron chi connectivity index (χ3n) is 12.8. The van der Waals surface area contributed by atoms with E-state index in [1.54, 1.807) is 0 Å². The van der Waals surface area contributed by atoms with Crippen LogP contribution >= 0.6 is 0 Å². The summed E-state index contributed by atoms with van der Waals surface area (Å²) in [5.74, 6) is 0. The molecule has 1 nitrogen and oxygen atoms in total. The standard InChI is InChI=1S/C60H43N/c1-60(51-21-6-3-7-22-51)55-26-12-10-25-54(55)59-56(60)27-15-29-58(59)61(52-23-14-20-49(41-52)45-32-30-44(31-33-45)42-16-4-2-5-17-42)57-28-13-11-24-53(57)47-37-34-46(35-38-47)50-39-36-43-18-8-9-19-48(43)40-50/h2-41H,1H3. The number of anilines is 3. The maximum atomic E-state index is 2.50. The molecule has 0 aromatic heterocycles. The van der Waals surface area contributed by atoms with E-state index >= 15 is 0 Å². The van der Waals surface area contributed by atoms with E-state index < -0.39 is 0 Å². The van der Waals surface area contributed by atoms with Gasteiger partial charge >= 0.3 is 0 Å². The van der Waals surface area contributed by atoms with Crippen molar-refractivity contribution in [3.63, 3.8) is 0 Å². The number of para-hydroxylation sites is 1. The largest absolute Gasteiger partial charge is 0.309 e. The first-order chi connectivity index (χ1) is 30.1. The number of rotatable bonds is 8. The minimum atomic E-state index is -0.324. The summed E-state index contributed by atoms with van der Waals surface area (Å²) in [6.07, 6.45) is 0. The molecule has 11 rings (SSSR count). The van der Waals surface area contributed by atoms with Crippen LogP contribution in [-0.4, -0.2) is 0 Å². The highest BCUT2D eigenvalue weighted by atomic mass is 15.1. The lowest BCUT2D eigenvalue weighted by molar-refractivity contribution is 0.714. The molecule has 1 heteroatoms. The van der Waals surface area contributed by atoms with Crippen LogP contribution in [0.4, 0.5) is 17.1 Å². The van der Waals surface area contributed by atoms with E-state index in [9.17, 15) is 0 Å². The number of fused-ring (bicyclic) bond motifs is 4. The van der Waals surface area contributed by atoms with E-state index in [4.69, 9.17) is 0 Å². The van der Waals surface area contributed by atoms with Crippen LogP contribution in [0.5, 0.6) is 0 Å². The predicted molar refractivity (Wildman–Crippen MR) is 258 cm³/mol. The summed E-state index contributed by atoms with van der Waals surface area (Å²) in [7, 11) is 0. The van der Waals surface area contributed by atoms with Crippen LogP contribution < -0.4 is 4.90 Å². The van der Waals surface area contributed by atoms with E-state index in [0.717, 1.165) is 17.1 Å². The predicted octanol–water partition coefficient (Wildman–Crippen LogP) is 16.3. The van der Waals surface area contributed by atoms with Gasteiger partial charge in [0, 0.05) is 22.2 Å². The Kier molecular flexibility index (Phi) is 9.02. The highest BCUT2D eigenvalue weighted by Gasteiger charge is 2.42. The van der Waals surface area contributed by atoms with Gasteiger partial charge in [0.2, 0.25) is 0 Å². The molecule has 288 valence electrons. The summed E-state index contributed by atoms with van der Waals surface area (Å²) in [6.45, 7) is 2.39. The van der Waals surface area contributed by atoms with Crippen LogP contribution in [0.3, 0.4) is 0 Å². The van der Waals surface area contributed by atoms with Crippen molar-refractivity contribution in [2.45, 2.75) is 12.3 Å². The fourth-order valence-corrected chi connectivity index (χ4v) is 9.63. The smallest absolute Gasteiger partial charge is 0.0543 e. The van der Waals surface area contributed by atoms with Gasteiger partial charge in [0.15, 0.2) is 0 Å². The van der Waals surface area contributed by atoms with Crippen molar-refractivity contribution in [3.05, 3.63) is 259 Å². The van der Waals surface area contributed by atoms with Gasteiger partial charge in [-0.1, -0.05) is 212 Å². The van der Waals surface area contributed by atoms with Gasteiger partial charge in [0.25, 0.3) is 0 Å². The number of nitrogens with zero attached hydrogens (tertiary/aromatic N) is 1. The lowest BCUT2D eigenvalue weighted by Crippen LogP contribution is -2.22. The molecule has 0 saturated heterocycles. The summed E-state index contributed by atoms with van der Waals surface area (Å²) in [5.41, 5.74) is 19.1. The van der Waals surface area contributed by atoms with Crippen LogP contribution in [0.2, 0.25) is 0 Å². The van der Waals surface area contributed by atoms with Crippen LogP contribution in [-0.2, 0) is 5.41 Å². The van der Waals surface area contributed by atoms with Crippen LogP contribution in [0.15, 0.2) is 243 Å². The first-order valence-electron chi connectivity index (χ1n) is 21.2. The molecule has 0 saturated carbocycles. The maximum absolute atomic E-state index is 2.50. The maximum Gasteiger partial charge on any atom is 0.0543 e. The Morgan fingerprint density at radius 3 is 1.56 bits per heavy atom. The molecule has 10 aromatic carbocycles. The summed E-state index contributed by atoms with van der Waals surface area (Å²) in [6, 6.07) is 88.8. The van der Waals surface area contributed by atoms with Crippen LogP contribution in [0, 0.1) is 0 Å². The van der Waals surface area contributed by atoms with Crippen molar-refractivity contribution in [2.75, 3.05) is 4.90 Å². The molecule has 1 unspecified atom stereocenters. The molecule has 0 fully saturated rings. The molecule has 1 aliphatic rings. The van der Waals surface area contributed by atoms with Crippen LogP contribution in [0.1, 0.15) is 23.6 Å². The second-order valence-corrected chi connectivity index (χ2v) is 16.2. The summed E-state index contributed by atoms with van der Waals surface area (Å²) in [4.78, 5) is 2.50. The van der Waals surface area contributed by atoms with Gasteiger partial charge in [-0.25, -0.2) is 0 Å². The molecule has 0 radical (unpaired) electrons. The lowest BCUT2D eigenvalue weighted by atomic mass is 9.74. The van der Waals surface area contributed by atoms with Gasteiger partial charge in [-0.2, -0.15) is 0 Å². The Balaban J connectivity index is 1.08. The molecule has 0 heterocycles. The fourth-order valence-electron chi connectivity index (χ4n) is 9.63. The molecule has 1 atom stereocenters. The molecule has 10 aromatic rings. The second-order valence-electron chi connectivity index (χ2n) is 16.2. The monoisotopic (exact) mass is 777 g/mol. The highest BCUT2D eigenvalue weighted by molar-refractivity contribution is 5.99. The molecule has 0 bridgehead atoms. The van der Waals surface area contributed by atoms with Gasteiger partial charge in [0.05, 0.1) is 11.4 Å². The van der Waals surface area contributed by atoms with Crippen LogP contribution in [0.25, 0.3) is 66.4 Å². The third-order valence-corrected chi connectivity index (χ3v) is 12.8. The van der Waals surface area contributed by atoms with E-state index in [1.807, 2.05) is 0 Å². The first kappa shape index (κ1) is 36.3. The van der Waals surface area contributed by atoms with Gasteiger partial charge < -0.3 is 4.90 Å². The Hall–Kier alpha value is -7.74. The zero-order valence-corrected chi connectivity index (χ0v) is 34.0. The van der Waals surface area contributed by atoms with Crippen molar-refractivity contribution in [1.29, 1.82) is 0 Å². The number of hydrogen-bond donors (Lipinski definition) is 0. The molecule has 61 heavy (non-hydrogen) atoms. The van der Waals surface area contributed by atoms with E-state index in [0.29, 0.717) is 0 Å². The van der Waals surface area contributed by atoms with Crippen molar-refractivity contribution in [1.82, 2.24) is 0 Å². The van der Waals surface area contributed by atoms with Gasteiger partial charge in [0.1, 0.15) is 0 Å². The molecule has 0 N–H and O–H groups in total. The summed E-state index contributed by atoms with van der Waals surface area (Å²) >= 11 is 0. The average Bonchev–Trinajstić information content (AvgIpc) is 3.61. The SMILES string of the molecule is CC1(c2ccccc2)c2ccccc2-c2c(N(c3cccc(-c4ccc(-c5ccccc5)cc4)c3)c3ccccc3-c3ccc(-c4ccc5ccccc5c4)cc3)cccc21. The van der Waals surface area contributed by atoms with Gasteiger partial charge in [-0.3, -0.25) is 0 Å². The molecule has 1 aliphatic carbocycles. The Bertz CT molecular complexity index is 3180. The molecular weight excluding hydrogens is 735 g/mol. The summed E-state index contributed by atoms with van der Waals surface area (Å²) < 4.78 is 0. The lowest BCUT2D eigenvalue weighted by Gasteiger charge is -2.32. The highest BCUT2D eigenvalue weighted by Crippen LogP contribution is 2.57. The zero-order valence-electron chi connectivity index (χ0n) is 34.0. The van der Waals surface area contributed by atoms with Crippen molar-refractivity contribution < 1.29 is 0 Å². The van der Waals surface area contributed by atoms with Crippen molar-refractivity contribution >= 4 is 27.8 Å². The number of hydrogen-bond acceptors (Lipinski definition) is 1. The number of benzene rings is 10. The fraction of sp³-hybridized carbons (Fsp3) is 0.0333. The molecular formula is C60H43N. The Labute approximate surface area is 358 Å². The van der Waals surface area contributed by atoms with Gasteiger partial charge in [-0.05, 0) is 109 Å². The first-order valence-corrected chi connectivity index (χ1v) is 21.2. The minimum absolute atomic E-state index is 0.324. The summed E-state index contributed by atoms with van der Waals surface area (Å²) in [5, 5.41) is 2.50. The molecule has 0 spiro atoms. The Morgan fingerprint density at radius 1 is 0.311 bits per heavy atom. The third kappa shape index (κ3) is 6.34. The van der Waals surface area contributed by atoms with E-state index in [2.05, 4.69) is 254 Å². The molecule has 0 amide bonds. The Morgan fingerprint density at radius 2 is 0.803 bits per heavy atom. The molecule has 0 aliphatic heterocycles. The van der Waals surface area contributed by atoms with Crippen molar-refractivity contribution in [3.8, 4) is 55.6 Å². The normalized spacial score (nSPS) is 14.0. The van der Waals surface area contributed by atoms with E-state index in [-0.39, 0.29) is 5.41 Å². The van der Waals surface area contributed by atoms with Gasteiger partial charge in [-0.15, -0.1) is 0 Å². The quantitative estimate of drug-likeness (QED) is 0.149. The average molecular weight is 778 g/mol. The topological polar surface area (TPSA) is 3.24 Å². The minimum Gasteiger partial charge on any atom is -0.309 e. The van der Waals surface area contributed by atoms with Crippen molar-refractivity contribution in [2.24, 2.45) is 0 Å². The second kappa shape index (κ2) is 15.1. The van der Waals surface area contributed by atoms with E-state index in [1.165, 1.54) is 83.1 Å².